The highest BCUT2D eigenvalue weighted by atomic mass is 16.5. The fraction of sp³-hybridized carbons (Fsp3) is 0.481. The van der Waals surface area contributed by atoms with Crippen molar-refractivity contribution in [1.29, 1.82) is 0 Å². The van der Waals surface area contributed by atoms with E-state index >= 15 is 0 Å². The molecule has 2 aromatic rings. The lowest BCUT2D eigenvalue weighted by atomic mass is 10.0. The van der Waals surface area contributed by atoms with Crippen LogP contribution in [-0.4, -0.2) is 18.5 Å². The van der Waals surface area contributed by atoms with Gasteiger partial charge in [-0.15, -0.1) is 0 Å². The van der Waals surface area contributed by atoms with Crippen LogP contribution in [0.25, 0.3) is 0 Å². The molecule has 31 heavy (non-hydrogen) atoms. The fourth-order valence-corrected chi connectivity index (χ4v) is 3.34. The lowest BCUT2D eigenvalue weighted by molar-refractivity contribution is 0.0497. The van der Waals surface area contributed by atoms with E-state index in [1.807, 2.05) is 12.1 Å². The van der Waals surface area contributed by atoms with Crippen molar-refractivity contribution in [3.63, 3.8) is 0 Å². The first-order chi connectivity index (χ1) is 15.0. The molecule has 2 aromatic carbocycles. The van der Waals surface area contributed by atoms with Crippen molar-refractivity contribution in [2.75, 3.05) is 6.61 Å². The number of benzene rings is 2. The zero-order valence-corrected chi connectivity index (χ0v) is 19.2. The zero-order chi connectivity index (χ0) is 22.5. The van der Waals surface area contributed by atoms with Gasteiger partial charge in [-0.3, -0.25) is 0 Å². The van der Waals surface area contributed by atoms with Crippen LogP contribution in [0.15, 0.2) is 48.5 Å². The fourth-order valence-electron chi connectivity index (χ4n) is 3.34. The maximum Gasteiger partial charge on any atom is 0.343 e. The van der Waals surface area contributed by atoms with Gasteiger partial charge in [0.25, 0.3) is 0 Å². The predicted molar refractivity (Wildman–Crippen MR) is 125 cm³/mol. The van der Waals surface area contributed by atoms with Gasteiger partial charge >= 0.3 is 11.9 Å². The number of unbranched alkanes of at least 4 members (excludes halogenated alkanes) is 7. The summed E-state index contributed by atoms with van der Waals surface area (Å²) in [5.74, 6) is 0.00390. The number of hydrogen-bond acceptors (Lipinski definition) is 4. The molecule has 4 nitrogen and oxygen atoms in total. The quantitative estimate of drug-likeness (QED) is 0.192. The molecule has 0 saturated heterocycles. The van der Waals surface area contributed by atoms with Gasteiger partial charge in [-0.25, -0.2) is 9.59 Å². The largest absolute Gasteiger partial charge is 0.462 e. The Morgan fingerprint density at radius 3 is 1.97 bits per heavy atom. The Morgan fingerprint density at radius 2 is 1.35 bits per heavy atom. The van der Waals surface area contributed by atoms with Crippen LogP contribution >= 0.6 is 0 Å². The number of ether oxygens (including phenoxy) is 2. The van der Waals surface area contributed by atoms with Crippen LogP contribution in [-0.2, 0) is 4.74 Å². The Balaban J connectivity index is 1.77. The smallest absolute Gasteiger partial charge is 0.343 e. The van der Waals surface area contributed by atoms with Crippen molar-refractivity contribution >= 4 is 11.9 Å². The van der Waals surface area contributed by atoms with Crippen LogP contribution < -0.4 is 4.74 Å². The normalized spacial score (nSPS) is 10.8. The van der Waals surface area contributed by atoms with Gasteiger partial charge in [0.05, 0.1) is 17.7 Å². The van der Waals surface area contributed by atoms with E-state index in [0.29, 0.717) is 29.4 Å². The highest BCUT2D eigenvalue weighted by Crippen LogP contribution is 2.20. The second-order valence-corrected chi connectivity index (χ2v) is 8.30. The lowest BCUT2D eigenvalue weighted by Gasteiger charge is -2.09. The van der Waals surface area contributed by atoms with E-state index < -0.39 is 11.9 Å². The molecule has 168 valence electrons. The van der Waals surface area contributed by atoms with Crippen molar-refractivity contribution < 1.29 is 19.1 Å². The minimum Gasteiger partial charge on any atom is -0.462 e. The molecular weight excluding hydrogens is 388 g/mol. The van der Waals surface area contributed by atoms with Gasteiger partial charge in [0.1, 0.15) is 5.75 Å². The first kappa shape index (κ1) is 24.6. The summed E-state index contributed by atoms with van der Waals surface area (Å²) in [6.45, 7) is 6.85. The molecule has 2 rings (SSSR count). The van der Waals surface area contributed by atoms with Gasteiger partial charge in [-0.1, -0.05) is 83.9 Å². The van der Waals surface area contributed by atoms with Crippen molar-refractivity contribution in [1.82, 2.24) is 0 Å². The Hall–Kier alpha value is -2.62. The summed E-state index contributed by atoms with van der Waals surface area (Å²) in [7, 11) is 0. The third-order valence-electron chi connectivity index (χ3n) is 5.32. The minimum atomic E-state index is -0.491. The van der Waals surface area contributed by atoms with E-state index in [-0.39, 0.29) is 0 Å². The van der Waals surface area contributed by atoms with Crippen molar-refractivity contribution in [3.05, 3.63) is 65.2 Å². The molecular formula is C27H36O4. The highest BCUT2D eigenvalue weighted by molar-refractivity contribution is 5.96. The Morgan fingerprint density at radius 1 is 0.774 bits per heavy atom. The lowest BCUT2D eigenvalue weighted by Crippen LogP contribution is -2.11. The van der Waals surface area contributed by atoms with Gasteiger partial charge in [0.2, 0.25) is 0 Å². The Labute approximate surface area is 187 Å². The predicted octanol–water partition coefficient (Wildman–Crippen LogP) is 7.33. The highest BCUT2D eigenvalue weighted by Gasteiger charge is 2.13. The Bertz CT molecular complexity index is 808. The molecule has 0 bridgehead atoms. The van der Waals surface area contributed by atoms with Crippen LogP contribution in [0.3, 0.4) is 0 Å². The SMILES string of the molecule is CCCCCCCCCCOC(=O)c1cccc(C(=O)Oc2ccc(C(C)C)cc2)c1. The Kier molecular flexibility index (Phi) is 10.8. The third kappa shape index (κ3) is 8.95. The number of esters is 2. The summed E-state index contributed by atoms with van der Waals surface area (Å²) in [6, 6.07) is 14.0. The van der Waals surface area contributed by atoms with Crippen molar-refractivity contribution in [2.45, 2.75) is 78.1 Å². The third-order valence-corrected chi connectivity index (χ3v) is 5.32. The summed E-state index contributed by atoms with van der Waals surface area (Å²) >= 11 is 0. The van der Waals surface area contributed by atoms with Crippen molar-refractivity contribution in [3.8, 4) is 5.75 Å². The number of carbonyl (C=O) groups excluding carboxylic acids is 2. The molecule has 0 heterocycles. The zero-order valence-electron chi connectivity index (χ0n) is 19.2. The molecule has 0 fully saturated rings. The van der Waals surface area contributed by atoms with Crippen LogP contribution in [0.1, 0.15) is 104 Å². The molecule has 4 heteroatoms. The van der Waals surface area contributed by atoms with E-state index in [1.54, 1.807) is 30.3 Å². The molecule has 0 atom stereocenters. The summed E-state index contributed by atoms with van der Waals surface area (Å²) in [5, 5.41) is 0. The average molecular weight is 425 g/mol. The molecule has 0 amide bonds. The van der Waals surface area contributed by atoms with Gasteiger partial charge in [0.15, 0.2) is 0 Å². The molecule has 0 aliphatic rings. The molecule has 0 N–H and O–H groups in total. The minimum absolute atomic E-state index is 0.328. The summed E-state index contributed by atoms with van der Waals surface area (Å²) < 4.78 is 10.8. The van der Waals surface area contributed by atoms with Crippen LogP contribution in [0, 0.1) is 0 Å². The standard InChI is InChI=1S/C27H36O4/c1-4-5-6-7-8-9-10-11-19-30-26(28)23-13-12-14-24(20-23)27(29)31-25-17-15-22(16-18-25)21(2)3/h12-18,20-21H,4-11,19H2,1-3H3. The van der Waals surface area contributed by atoms with Crippen LogP contribution in [0.5, 0.6) is 5.75 Å². The molecule has 0 aromatic heterocycles. The molecule has 0 radical (unpaired) electrons. The monoisotopic (exact) mass is 424 g/mol. The first-order valence-electron chi connectivity index (χ1n) is 11.6. The molecule has 0 aliphatic heterocycles. The number of hydrogen-bond donors (Lipinski definition) is 0. The maximum atomic E-state index is 12.5. The summed E-state index contributed by atoms with van der Waals surface area (Å²) in [5.41, 5.74) is 1.87. The van der Waals surface area contributed by atoms with Gasteiger partial charge in [-0.05, 0) is 48.2 Å². The average Bonchev–Trinajstić information content (AvgIpc) is 2.78. The summed E-state index contributed by atoms with van der Waals surface area (Å²) in [6.07, 6.45) is 9.55. The number of rotatable bonds is 13. The second kappa shape index (κ2) is 13.6. The summed E-state index contributed by atoms with van der Waals surface area (Å²) in [4.78, 5) is 24.8. The van der Waals surface area contributed by atoms with Crippen LogP contribution in [0.2, 0.25) is 0 Å². The molecule has 0 saturated carbocycles. The topological polar surface area (TPSA) is 52.6 Å². The molecule has 0 aliphatic carbocycles. The number of carbonyl (C=O) groups is 2. The maximum absolute atomic E-state index is 12.5. The molecule has 0 unspecified atom stereocenters. The van der Waals surface area contributed by atoms with E-state index in [9.17, 15) is 9.59 Å². The van der Waals surface area contributed by atoms with Gasteiger partial charge < -0.3 is 9.47 Å². The van der Waals surface area contributed by atoms with Crippen molar-refractivity contribution in [2.24, 2.45) is 0 Å². The molecule has 0 spiro atoms. The van der Waals surface area contributed by atoms with Gasteiger partial charge in [0, 0.05) is 0 Å². The van der Waals surface area contributed by atoms with E-state index in [4.69, 9.17) is 9.47 Å². The van der Waals surface area contributed by atoms with E-state index in [0.717, 1.165) is 12.8 Å². The van der Waals surface area contributed by atoms with E-state index in [2.05, 4.69) is 20.8 Å². The van der Waals surface area contributed by atoms with Gasteiger partial charge in [-0.2, -0.15) is 0 Å². The first-order valence-corrected chi connectivity index (χ1v) is 11.6. The van der Waals surface area contributed by atoms with E-state index in [1.165, 1.54) is 50.2 Å². The second-order valence-electron chi connectivity index (χ2n) is 8.30. The van der Waals surface area contributed by atoms with Crippen LogP contribution in [0.4, 0.5) is 0 Å².